The Morgan fingerprint density at radius 1 is 1.37 bits per heavy atom. The number of hydrogen-bond acceptors (Lipinski definition) is 2. The Kier molecular flexibility index (Phi) is 4.71. The van der Waals surface area contributed by atoms with Crippen molar-refractivity contribution in [2.75, 3.05) is 13.2 Å². The summed E-state index contributed by atoms with van der Waals surface area (Å²) in [5.74, 6) is 0.831. The number of nitrogens with zero attached hydrogens (tertiary/aromatic N) is 2. The Hall–Kier alpha value is -0.770. The molecular formula is C14H18Cl2N2O. The molecule has 0 spiro atoms. The summed E-state index contributed by atoms with van der Waals surface area (Å²) in [4.78, 5) is 4.59. The van der Waals surface area contributed by atoms with Crippen LogP contribution in [0.15, 0.2) is 18.2 Å². The molecule has 19 heavy (non-hydrogen) atoms. The van der Waals surface area contributed by atoms with E-state index in [0.29, 0.717) is 18.2 Å². The smallest absolute Gasteiger partial charge is 0.128 e. The number of rotatable bonds is 5. The van der Waals surface area contributed by atoms with Crippen molar-refractivity contribution in [3.8, 4) is 0 Å². The van der Waals surface area contributed by atoms with Crippen molar-refractivity contribution in [1.82, 2.24) is 9.55 Å². The lowest BCUT2D eigenvalue weighted by Gasteiger charge is -2.18. The van der Waals surface area contributed by atoms with Crippen molar-refractivity contribution in [2.45, 2.75) is 32.2 Å². The third-order valence-corrected chi connectivity index (χ3v) is 3.55. The minimum absolute atomic E-state index is 0.140. The molecule has 0 saturated carbocycles. The molecule has 0 N–H and O–H groups in total. The van der Waals surface area contributed by atoms with Gasteiger partial charge in [-0.05, 0) is 32.9 Å². The number of fused-ring (bicyclic) bond motifs is 1. The molecule has 1 aromatic carbocycles. The summed E-state index contributed by atoms with van der Waals surface area (Å²) >= 11 is 12.6. The van der Waals surface area contributed by atoms with Crippen molar-refractivity contribution in [1.29, 1.82) is 0 Å². The summed E-state index contributed by atoms with van der Waals surface area (Å²) in [7, 11) is 0. The third kappa shape index (κ3) is 2.88. The van der Waals surface area contributed by atoms with Gasteiger partial charge in [0.05, 0.1) is 34.1 Å². The highest BCUT2D eigenvalue weighted by Gasteiger charge is 2.20. The quantitative estimate of drug-likeness (QED) is 0.755. The van der Waals surface area contributed by atoms with Crippen LogP contribution in [0.2, 0.25) is 5.02 Å². The highest BCUT2D eigenvalue weighted by Crippen LogP contribution is 2.32. The van der Waals surface area contributed by atoms with Crippen LogP contribution in [0.4, 0.5) is 0 Å². The van der Waals surface area contributed by atoms with E-state index in [4.69, 9.17) is 27.9 Å². The van der Waals surface area contributed by atoms with Gasteiger partial charge in [0.15, 0.2) is 0 Å². The Morgan fingerprint density at radius 2 is 2.11 bits per heavy atom. The first-order chi connectivity index (χ1) is 9.06. The van der Waals surface area contributed by atoms with Crippen LogP contribution in [-0.2, 0) is 4.74 Å². The van der Waals surface area contributed by atoms with Gasteiger partial charge in [0.1, 0.15) is 5.82 Å². The number of para-hydroxylation sites is 1. The fourth-order valence-corrected chi connectivity index (χ4v) is 2.63. The van der Waals surface area contributed by atoms with Gasteiger partial charge in [0.2, 0.25) is 0 Å². The molecule has 0 radical (unpaired) electrons. The summed E-state index contributed by atoms with van der Waals surface area (Å²) in [6.45, 7) is 7.29. The van der Waals surface area contributed by atoms with E-state index >= 15 is 0 Å². The molecule has 1 heterocycles. The molecule has 0 fully saturated rings. The van der Waals surface area contributed by atoms with E-state index in [0.717, 1.165) is 16.9 Å². The van der Waals surface area contributed by atoms with Crippen molar-refractivity contribution in [3.05, 3.63) is 29.0 Å². The molecule has 0 aliphatic rings. The van der Waals surface area contributed by atoms with E-state index in [1.54, 1.807) is 0 Å². The molecule has 0 saturated heterocycles. The fourth-order valence-electron chi connectivity index (χ4n) is 2.21. The van der Waals surface area contributed by atoms with E-state index < -0.39 is 0 Å². The van der Waals surface area contributed by atoms with Gasteiger partial charge in [-0.15, -0.1) is 11.6 Å². The average molecular weight is 301 g/mol. The van der Waals surface area contributed by atoms with E-state index in [9.17, 15) is 0 Å². The van der Waals surface area contributed by atoms with Crippen molar-refractivity contribution < 1.29 is 4.74 Å². The molecule has 0 bridgehead atoms. The van der Waals surface area contributed by atoms with Crippen molar-refractivity contribution in [2.24, 2.45) is 0 Å². The van der Waals surface area contributed by atoms with Crippen LogP contribution in [-0.4, -0.2) is 22.8 Å². The molecule has 2 unspecified atom stereocenters. The number of alkyl halides is 1. The first kappa shape index (κ1) is 14.6. The van der Waals surface area contributed by atoms with Crippen molar-refractivity contribution in [3.63, 3.8) is 0 Å². The maximum Gasteiger partial charge on any atom is 0.128 e. The second-order valence-electron chi connectivity index (χ2n) is 4.57. The SMILES string of the molecule is CCOCC(C)n1c(C(C)Cl)nc2cccc(Cl)c21. The largest absolute Gasteiger partial charge is 0.380 e. The van der Waals surface area contributed by atoms with Gasteiger partial charge in [-0.25, -0.2) is 4.98 Å². The molecule has 2 atom stereocenters. The zero-order valence-corrected chi connectivity index (χ0v) is 12.9. The topological polar surface area (TPSA) is 27.1 Å². The maximum atomic E-state index is 6.31. The second-order valence-corrected chi connectivity index (χ2v) is 5.63. The number of halogens is 2. The predicted octanol–water partition coefficient (Wildman–Crippen LogP) is 4.59. The third-order valence-electron chi connectivity index (χ3n) is 3.05. The van der Waals surface area contributed by atoms with Gasteiger partial charge in [0.25, 0.3) is 0 Å². The van der Waals surface area contributed by atoms with Gasteiger partial charge in [-0.3, -0.25) is 0 Å². The van der Waals surface area contributed by atoms with Gasteiger partial charge >= 0.3 is 0 Å². The lowest BCUT2D eigenvalue weighted by Crippen LogP contribution is -2.15. The molecule has 0 amide bonds. The standard InChI is InChI=1S/C14H18Cl2N2O/c1-4-19-8-9(2)18-13-11(16)6-5-7-12(13)17-14(18)10(3)15/h5-7,9-10H,4,8H2,1-3H3. The molecule has 5 heteroatoms. The molecular weight excluding hydrogens is 283 g/mol. The lowest BCUT2D eigenvalue weighted by molar-refractivity contribution is 0.119. The number of hydrogen-bond donors (Lipinski definition) is 0. The molecule has 0 aliphatic carbocycles. The zero-order chi connectivity index (χ0) is 14.0. The monoisotopic (exact) mass is 300 g/mol. The minimum Gasteiger partial charge on any atom is -0.380 e. The summed E-state index contributed by atoms with van der Waals surface area (Å²) < 4.78 is 7.60. The van der Waals surface area contributed by atoms with E-state index in [-0.39, 0.29) is 11.4 Å². The number of benzene rings is 1. The molecule has 104 valence electrons. The average Bonchev–Trinajstić information content (AvgIpc) is 2.77. The fraction of sp³-hybridized carbons (Fsp3) is 0.500. The van der Waals surface area contributed by atoms with Gasteiger partial charge < -0.3 is 9.30 Å². The van der Waals surface area contributed by atoms with E-state index in [2.05, 4.69) is 16.5 Å². The first-order valence-corrected chi connectivity index (χ1v) is 7.25. The Morgan fingerprint density at radius 3 is 2.74 bits per heavy atom. The van der Waals surface area contributed by atoms with Crippen LogP contribution in [0, 0.1) is 0 Å². The van der Waals surface area contributed by atoms with E-state index in [1.165, 1.54) is 0 Å². The van der Waals surface area contributed by atoms with Crippen LogP contribution in [0.25, 0.3) is 11.0 Å². The number of ether oxygens (including phenoxy) is 1. The van der Waals surface area contributed by atoms with Gasteiger partial charge in [0, 0.05) is 6.61 Å². The Balaban J connectivity index is 2.57. The minimum atomic E-state index is -0.174. The lowest BCUT2D eigenvalue weighted by atomic mass is 10.2. The van der Waals surface area contributed by atoms with Crippen LogP contribution >= 0.6 is 23.2 Å². The van der Waals surface area contributed by atoms with Gasteiger partial charge in [-0.1, -0.05) is 17.7 Å². The maximum absolute atomic E-state index is 6.31. The first-order valence-electron chi connectivity index (χ1n) is 6.44. The number of aromatic nitrogens is 2. The Labute approximate surface area is 123 Å². The molecule has 1 aromatic heterocycles. The predicted molar refractivity (Wildman–Crippen MR) is 80.2 cm³/mol. The number of imidazole rings is 1. The molecule has 2 rings (SSSR count). The van der Waals surface area contributed by atoms with E-state index in [1.807, 2.05) is 32.0 Å². The second kappa shape index (κ2) is 6.12. The normalized spacial score (nSPS) is 14.8. The van der Waals surface area contributed by atoms with Crippen molar-refractivity contribution >= 4 is 34.2 Å². The summed E-state index contributed by atoms with van der Waals surface area (Å²) in [5.41, 5.74) is 1.80. The molecule has 2 aromatic rings. The van der Waals surface area contributed by atoms with Crippen LogP contribution in [0.5, 0.6) is 0 Å². The van der Waals surface area contributed by atoms with Gasteiger partial charge in [-0.2, -0.15) is 0 Å². The highest BCUT2D eigenvalue weighted by atomic mass is 35.5. The Bertz CT molecular complexity index is 566. The van der Waals surface area contributed by atoms with Crippen LogP contribution < -0.4 is 0 Å². The molecule has 3 nitrogen and oxygen atoms in total. The summed E-state index contributed by atoms with van der Waals surface area (Å²) in [5, 5.41) is 0.518. The highest BCUT2D eigenvalue weighted by molar-refractivity contribution is 6.35. The van der Waals surface area contributed by atoms with Crippen LogP contribution in [0.1, 0.15) is 38.0 Å². The van der Waals surface area contributed by atoms with Crippen LogP contribution in [0.3, 0.4) is 0 Å². The summed E-state index contributed by atoms with van der Waals surface area (Å²) in [6.07, 6.45) is 0. The summed E-state index contributed by atoms with van der Waals surface area (Å²) in [6, 6.07) is 5.87. The zero-order valence-electron chi connectivity index (χ0n) is 11.4. The molecule has 0 aliphatic heterocycles.